The Morgan fingerprint density at radius 3 is 2.89 bits per heavy atom. The van der Waals surface area contributed by atoms with Crippen LogP contribution >= 0.6 is 0 Å². The van der Waals surface area contributed by atoms with Gasteiger partial charge in [-0.25, -0.2) is 8.42 Å². The predicted octanol–water partition coefficient (Wildman–Crippen LogP) is 3.49. The first kappa shape index (κ1) is 20.1. The molecular formula is C21H28O5S. The zero-order valence-electron chi connectivity index (χ0n) is 16.0. The molecule has 27 heavy (non-hydrogen) atoms. The largest absolute Gasteiger partial charge is 0.508 e. The van der Waals surface area contributed by atoms with Gasteiger partial charge in [0.2, 0.25) is 0 Å². The third kappa shape index (κ3) is 4.62. The molecule has 3 rings (SSSR count). The third-order valence-electron chi connectivity index (χ3n) is 5.22. The third-order valence-corrected chi connectivity index (χ3v) is 7.23. The van der Waals surface area contributed by atoms with Crippen molar-refractivity contribution in [3.63, 3.8) is 0 Å². The summed E-state index contributed by atoms with van der Waals surface area (Å²) >= 11 is 0. The molecule has 2 aliphatic rings. The van der Waals surface area contributed by atoms with Crippen molar-refractivity contribution in [3.8, 4) is 5.75 Å². The summed E-state index contributed by atoms with van der Waals surface area (Å²) in [4.78, 5) is 0. The quantitative estimate of drug-likeness (QED) is 0.686. The van der Waals surface area contributed by atoms with Crippen LogP contribution in [0.4, 0.5) is 0 Å². The van der Waals surface area contributed by atoms with Gasteiger partial charge >= 0.3 is 0 Å². The van der Waals surface area contributed by atoms with Crippen LogP contribution < -0.4 is 0 Å². The average molecular weight is 393 g/mol. The summed E-state index contributed by atoms with van der Waals surface area (Å²) in [5.74, 6) is 0.355. The topological polar surface area (TPSA) is 72.8 Å². The molecule has 1 aromatic carbocycles. The van der Waals surface area contributed by atoms with Gasteiger partial charge in [-0.3, -0.25) is 0 Å². The molecule has 0 amide bonds. The summed E-state index contributed by atoms with van der Waals surface area (Å²) in [6.45, 7) is 2.75. The van der Waals surface area contributed by atoms with Gasteiger partial charge in [-0.15, -0.1) is 0 Å². The average Bonchev–Trinajstić information content (AvgIpc) is 3.14. The van der Waals surface area contributed by atoms with Crippen molar-refractivity contribution < 1.29 is 23.0 Å². The highest BCUT2D eigenvalue weighted by Gasteiger charge is 2.46. The second-order valence-electron chi connectivity index (χ2n) is 7.30. The van der Waals surface area contributed by atoms with Crippen molar-refractivity contribution in [2.24, 2.45) is 0 Å². The van der Waals surface area contributed by atoms with Gasteiger partial charge in [-0.1, -0.05) is 37.1 Å². The molecule has 0 unspecified atom stereocenters. The predicted molar refractivity (Wildman–Crippen MR) is 106 cm³/mol. The van der Waals surface area contributed by atoms with Gasteiger partial charge in [0.05, 0.1) is 25.1 Å². The maximum Gasteiger partial charge on any atom is 0.163 e. The Hall–Kier alpha value is -1.63. The van der Waals surface area contributed by atoms with E-state index in [9.17, 15) is 13.5 Å². The number of fused-ring (bicyclic) bond motifs is 1. The van der Waals surface area contributed by atoms with Gasteiger partial charge in [-0.05, 0) is 48.1 Å². The fourth-order valence-corrected chi connectivity index (χ4v) is 5.99. The van der Waals surface area contributed by atoms with Gasteiger partial charge in [0.25, 0.3) is 0 Å². The van der Waals surface area contributed by atoms with Gasteiger partial charge < -0.3 is 14.6 Å². The number of allylic oxidation sites excluding steroid dienone is 1. The van der Waals surface area contributed by atoms with Gasteiger partial charge in [-0.2, -0.15) is 0 Å². The molecule has 0 aliphatic carbocycles. The molecule has 1 aromatic rings. The molecule has 2 aliphatic heterocycles. The van der Waals surface area contributed by atoms with Crippen LogP contribution in [0.5, 0.6) is 5.75 Å². The molecule has 2 heterocycles. The van der Waals surface area contributed by atoms with Gasteiger partial charge in [0.1, 0.15) is 11.0 Å². The molecule has 2 atom stereocenters. The molecule has 1 N–H and O–H groups in total. The lowest BCUT2D eigenvalue weighted by Gasteiger charge is -2.15. The highest BCUT2D eigenvalue weighted by atomic mass is 32.2. The number of phenols is 1. The number of rotatable bonds is 8. The molecule has 0 bridgehead atoms. The molecule has 6 heteroatoms. The molecule has 0 radical (unpaired) electrons. The number of aromatic hydroxyl groups is 1. The molecular weight excluding hydrogens is 364 g/mol. The summed E-state index contributed by atoms with van der Waals surface area (Å²) in [6.07, 6.45) is 5.57. The van der Waals surface area contributed by atoms with Crippen LogP contribution in [0.15, 0.2) is 41.0 Å². The Kier molecular flexibility index (Phi) is 6.40. The monoisotopic (exact) mass is 392 g/mol. The number of sulfone groups is 1. The molecule has 1 saturated heterocycles. The summed E-state index contributed by atoms with van der Waals surface area (Å²) in [6, 6.07) is 7.22. The van der Waals surface area contributed by atoms with Crippen LogP contribution in [-0.4, -0.2) is 51.0 Å². The van der Waals surface area contributed by atoms with Gasteiger partial charge in [0, 0.05) is 7.11 Å². The van der Waals surface area contributed by atoms with E-state index in [0.29, 0.717) is 6.61 Å². The number of ether oxygens (including phenoxy) is 2. The SMILES string of the molecule is CCC/C(=C\c1cccc(O)c1)CC[C@H]1OC[C@H]2C1=C(COC)CS2(=O)=O. The lowest BCUT2D eigenvalue weighted by atomic mass is 9.95. The highest BCUT2D eigenvalue weighted by Crippen LogP contribution is 2.38. The maximum atomic E-state index is 12.4. The summed E-state index contributed by atoms with van der Waals surface area (Å²) < 4.78 is 35.8. The Morgan fingerprint density at radius 2 is 2.19 bits per heavy atom. The summed E-state index contributed by atoms with van der Waals surface area (Å²) in [5, 5.41) is 9.18. The van der Waals surface area contributed by atoms with E-state index in [1.54, 1.807) is 19.2 Å². The lowest BCUT2D eigenvalue weighted by molar-refractivity contribution is 0.116. The van der Waals surface area contributed by atoms with E-state index < -0.39 is 15.1 Å². The number of methoxy groups -OCH3 is 1. The number of benzene rings is 1. The van der Waals surface area contributed by atoms with Crippen molar-refractivity contribution in [3.05, 3.63) is 46.5 Å². The number of hydrogen-bond acceptors (Lipinski definition) is 5. The Morgan fingerprint density at radius 1 is 1.37 bits per heavy atom. The normalized spacial score (nSPS) is 24.4. The molecule has 0 aromatic heterocycles. The fraction of sp³-hybridized carbons (Fsp3) is 0.524. The zero-order valence-corrected chi connectivity index (χ0v) is 16.8. The Bertz CT molecular complexity index is 838. The minimum atomic E-state index is -3.15. The zero-order chi connectivity index (χ0) is 19.4. The standard InChI is InChI=1S/C21H28O5S/c1-3-5-15(10-16-6-4-7-18(22)11-16)8-9-19-21-17(12-25-2)14-27(23,24)20(21)13-26-19/h4,6-7,10-11,19-20,22H,3,5,8-9,12-14H2,1-2H3/b15-10+/t19-,20+/m1/s1. The van der Waals surface area contributed by atoms with E-state index in [-0.39, 0.29) is 24.2 Å². The highest BCUT2D eigenvalue weighted by molar-refractivity contribution is 7.92. The van der Waals surface area contributed by atoms with Crippen LogP contribution in [0.25, 0.3) is 6.08 Å². The Labute approximate surface area is 161 Å². The van der Waals surface area contributed by atoms with E-state index in [1.807, 2.05) is 12.1 Å². The van der Waals surface area contributed by atoms with E-state index in [2.05, 4.69) is 13.0 Å². The van der Waals surface area contributed by atoms with Crippen molar-refractivity contribution in [1.82, 2.24) is 0 Å². The second-order valence-corrected chi connectivity index (χ2v) is 9.48. The molecule has 148 valence electrons. The number of phenolic OH excluding ortho intramolecular Hbond substituents is 1. The summed E-state index contributed by atoms with van der Waals surface area (Å²) in [5.41, 5.74) is 4.07. The van der Waals surface area contributed by atoms with E-state index in [0.717, 1.165) is 42.4 Å². The molecule has 0 spiro atoms. The van der Waals surface area contributed by atoms with Crippen LogP contribution in [-0.2, 0) is 19.3 Å². The smallest absolute Gasteiger partial charge is 0.163 e. The lowest BCUT2D eigenvalue weighted by Crippen LogP contribution is -2.19. The maximum absolute atomic E-state index is 12.4. The Balaban J connectivity index is 1.75. The van der Waals surface area contributed by atoms with E-state index in [1.165, 1.54) is 5.57 Å². The minimum Gasteiger partial charge on any atom is -0.508 e. The van der Waals surface area contributed by atoms with Crippen molar-refractivity contribution in [2.75, 3.05) is 26.1 Å². The van der Waals surface area contributed by atoms with Crippen LogP contribution in [0, 0.1) is 0 Å². The van der Waals surface area contributed by atoms with E-state index in [4.69, 9.17) is 9.47 Å². The van der Waals surface area contributed by atoms with Crippen molar-refractivity contribution in [1.29, 1.82) is 0 Å². The fourth-order valence-electron chi connectivity index (χ4n) is 4.06. The molecule has 5 nitrogen and oxygen atoms in total. The van der Waals surface area contributed by atoms with Crippen LogP contribution in [0.1, 0.15) is 38.2 Å². The molecule has 1 fully saturated rings. The summed E-state index contributed by atoms with van der Waals surface area (Å²) in [7, 11) is -1.56. The number of hydrogen-bond donors (Lipinski definition) is 1. The van der Waals surface area contributed by atoms with Crippen LogP contribution in [0.3, 0.4) is 0 Å². The first-order chi connectivity index (χ1) is 12.9. The first-order valence-corrected chi connectivity index (χ1v) is 11.2. The minimum absolute atomic E-state index is 0.0989. The van der Waals surface area contributed by atoms with Crippen LogP contribution in [0.2, 0.25) is 0 Å². The second kappa shape index (κ2) is 8.59. The van der Waals surface area contributed by atoms with Crippen molar-refractivity contribution in [2.45, 2.75) is 44.0 Å². The first-order valence-electron chi connectivity index (χ1n) is 9.47. The van der Waals surface area contributed by atoms with E-state index >= 15 is 0 Å². The molecule has 0 saturated carbocycles. The van der Waals surface area contributed by atoms with Gasteiger partial charge in [0.15, 0.2) is 9.84 Å². The van der Waals surface area contributed by atoms with Crippen molar-refractivity contribution >= 4 is 15.9 Å².